The highest BCUT2D eigenvalue weighted by Crippen LogP contribution is 2.39. The highest BCUT2D eigenvalue weighted by molar-refractivity contribution is 7.13. The summed E-state index contributed by atoms with van der Waals surface area (Å²) in [6.45, 7) is 4.48. The summed E-state index contributed by atoms with van der Waals surface area (Å²) in [5.41, 5.74) is 4.53. The minimum atomic E-state index is -1.04. The molecule has 8 heteroatoms. The fraction of sp³-hybridized carbons (Fsp3) is 0.385. The first-order valence-electron chi connectivity index (χ1n) is 11.4. The first kappa shape index (κ1) is 24.3. The van der Waals surface area contributed by atoms with Gasteiger partial charge in [-0.2, -0.15) is 0 Å². The van der Waals surface area contributed by atoms with Gasteiger partial charge in [0.05, 0.1) is 29.3 Å². The molecule has 180 valence electrons. The number of ether oxygens (including phenoxy) is 1. The summed E-state index contributed by atoms with van der Waals surface area (Å²) < 4.78 is 5.28. The van der Waals surface area contributed by atoms with Crippen LogP contribution in [-0.2, 0) is 11.3 Å². The van der Waals surface area contributed by atoms with Crippen molar-refractivity contribution in [1.82, 2.24) is 15.2 Å². The summed E-state index contributed by atoms with van der Waals surface area (Å²) in [7, 11) is 1.57. The van der Waals surface area contributed by atoms with E-state index in [0.717, 1.165) is 21.7 Å². The number of carbonyl (C=O) groups excluding carboxylic acids is 1. The number of likely N-dealkylation sites (tertiary alicyclic amines) is 1. The number of carbonyl (C=O) groups is 1. The molecule has 0 bridgehead atoms. The number of benzene rings is 2. The van der Waals surface area contributed by atoms with E-state index < -0.39 is 17.9 Å². The van der Waals surface area contributed by atoms with Crippen LogP contribution in [0.4, 0.5) is 0 Å². The maximum Gasteiger partial charge on any atom is 0.240 e. The maximum atomic E-state index is 13.5. The molecule has 2 unspecified atom stereocenters. The van der Waals surface area contributed by atoms with E-state index in [-0.39, 0.29) is 18.9 Å². The van der Waals surface area contributed by atoms with Crippen molar-refractivity contribution in [1.29, 1.82) is 0 Å². The largest absolute Gasteiger partial charge is 0.497 e. The third kappa shape index (κ3) is 4.72. The van der Waals surface area contributed by atoms with Crippen molar-refractivity contribution in [2.24, 2.45) is 0 Å². The first-order valence-corrected chi connectivity index (χ1v) is 12.3. The Morgan fingerprint density at radius 3 is 2.74 bits per heavy atom. The lowest BCUT2D eigenvalue weighted by Crippen LogP contribution is -2.56. The molecule has 3 atom stereocenters. The van der Waals surface area contributed by atoms with Gasteiger partial charge in [-0.05, 0) is 42.2 Å². The Labute approximate surface area is 204 Å². The average molecular weight is 482 g/mol. The second-order valence-electron chi connectivity index (χ2n) is 8.69. The van der Waals surface area contributed by atoms with Crippen molar-refractivity contribution in [3.8, 4) is 16.2 Å². The summed E-state index contributed by atoms with van der Waals surface area (Å²) in [5, 5.41) is 24.7. The van der Waals surface area contributed by atoms with E-state index in [1.165, 1.54) is 0 Å². The van der Waals surface area contributed by atoms with E-state index in [4.69, 9.17) is 4.74 Å². The van der Waals surface area contributed by atoms with Crippen LogP contribution in [0.3, 0.4) is 0 Å². The van der Waals surface area contributed by atoms with Crippen LogP contribution < -0.4 is 10.1 Å². The molecule has 3 aromatic rings. The van der Waals surface area contributed by atoms with Gasteiger partial charge < -0.3 is 20.3 Å². The van der Waals surface area contributed by atoms with Crippen LogP contribution >= 0.6 is 11.3 Å². The van der Waals surface area contributed by atoms with Crippen molar-refractivity contribution < 1.29 is 19.7 Å². The molecule has 0 radical (unpaired) electrons. The Morgan fingerprint density at radius 1 is 1.32 bits per heavy atom. The normalized spacial score (nSPS) is 21.4. The quantitative estimate of drug-likeness (QED) is 0.455. The number of aryl methyl sites for hydroxylation is 1. The Morgan fingerprint density at radius 2 is 2.09 bits per heavy atom. The molecule has 1 saturated heterocycles. The third-order valence-corrected chi connectivity index (χ3v) is 7.62. The number of thiazole rings is 1. The summed E-state index contributed by atoms with van der Waals surface area (Å²) in [5.74, 6) is 0.427. The lowest BCUT2D eigenvalue weighted by Gasteiger charge is -2.39. The number of aromatic nitrogens is 1. The first-order chi connectivity index (χ1) is 16.4. The zero-order valence-corrected chi connectivity index (χ0v) is 20.5. The van der Waals surface area contributed by atoms with Crippen LogP contribution in [0.2, 0.25) is 0 Å². The summed E-state index contributed by atoms with van der Waals surface area (Å²) in [6.07, 6.45) is -1.02. The Bertz CT molecular complexity index is 1130. The summed E-state index contributed by atoms with van der Waals surface area (Å²) in [6, 6.07) is 15.2. The predicted molar refractivity (Wildman–Crippen MR) is 132 cm³/mol. The van der Waals surface area contributed by atoms with E-state index in [9.17, 15) is 15.0 Å². The van der Waals surface area contributed by atoms with Crippen molar-refractivity contribution in [2.45, 2.75) is 51.1 Å². The van der Waals surface area contributed by atoms with Crippen LogP contribution in [0.15, 0.2) is 54.0 Å². The van der Waals surface area contributed by atoms with E-state index in [0.29, 0.717) is 24.3 Å². The van der Waals surface area contributed by atoms with Gasteiger partial charge >= 0.3 is 0 Å². The van der Waals surface area contributed by atoms with Crippen LogP contribution in [0.25, 0.3) is 10.4 Å². The molecule has 3 N–H and O–H groups in total. The molecule has 2 heterocycles. The molecule has 4 rings (SSSR count). The van der Waals surface area contributed by atoms with Gasteiger partial charge in [-0.25, -0.2) is 4.98 Å². The fourth-order valence-electron chi connectivity index (χ4n) is 4.72. The molecule has 1 aliphatic rings. The number of β-amino-alcohol motifs (C(OH)–C–C–N with tert-alkyl or cyclic N) is 1. The molecular formula is C26H31N3O4S. The number of aliphatic hydroxyl groups excluding tert-OH is 2. The number of hydrogen-bond donors (Lipinski definition) is 3. The molecule has 1 fully saturated rings. The SMILES string of the molecule is CCC1(C(=O)NCc2ccc(-c3scnc3C)cc2)C[C@@H](O)CN1C(O)c1cccc(OC)c1. The standard InChI is InChI=1S/C26H31N3O4S/c1-4-26(13-21(30)15-29(26)24(31)20-6-5-7-22(12-20)33-3)25(32)27-14-18-8-10-19(11-9-18)23-17(2)28-16-34-23/h5-12,16,21,24,30-31H,4,13-15H2,1-3H3,(H,27,32)/t21-,24?,26?/m1/s1. The molecule has 1 aromatic heterocycles. The van der Waals surface area contributed by atoms with E-state index in [1.54, 1.807) is 47.6 Å². The second-order valence-corrected chi connectivity index (χ2v) is 9.55. The number of amides is 1. The van der Waals surface area contributed by atoms with E-state index >= 15 is 0 Å². The molecule has 1 amide bonds. The molecule has 0 spiro atoms. The van der Waals surface area contributed by atoms with Gasteiger partial charge in [0, 0.05) is 19.5 Å². The number of methoxy groups -OCH3 is 1. The third-order valence-electron chi connectivity index (χ3n) is 6.64. The average Bonchev–Trinajstić information content (AvgIpc) is 3.45. The minimum absolute atomic E-state index is 0.198. The molecule has 34 heavy (non-hydrogen) atoms. The Hall–Kier alpha value is -2.78. The van der Waals surface area contributed by atoms with Crippen molar-refractivity contribution in [2.75, 3.05) is 13.7 Å². The fourth-order valence-corrected chi connectivity index (χ4v) is 5.53. The van der Waals surface area contributed by atoms with Crippen LogP contribution in [0, 0.1) is 6.92 Å². The van der Waals surface area contributed by atoms with Crippen LogP contribution in [-0.4, -0.2) is 51.3 Å². The molecule has 0 aliphatic carbocycles. The minimum Gasteiger partial charge on any atom is -0.497 e. The number of aliphatic hydroxyl groups is 2. The number of nitrogens with one attached hydrogen (secondary N) is 1. The van der Waals surface area contributed by atoms with Gasteiger partial charge in [0.2, 0.25) is 5.91 Å². The summed E-state index contributed by atoms with van der Waals surface area (Å²) >= 11 is 1.61. The van der Waals surface area contributed by atoms with Gasteiger partial charge in [0.25, 0.3) is 0 Å². The van der Waals surface area contributed by atoms with E-state index in [1.807, 2.05) is 43.6 Å². The topological polar surface area (TPSA) is 94.9 Å². The predicted octanol–water partition coefficient (Wildman–Crippen LogP) is 3.65. The highest BCUT2D eigenvalue weighted by Gasteiger charge is 2.52. The Balaban J connectivity index is 1.49. The van der Waals surface area contributed by atoms with Gasteiger partial charge in [-0.1, -0.05) is 43.3 Å². The van der Waals surface area contributed by atoms with Gasteiger partial charge in [0.15, 0.2) is 0 Å². The highest BCUT2D eigenvalue weighted by atomic mass is 32.1. The zero-order valence-electron chi connectivity index (χ0n) is 19.7. The lowest BCUT2D eigenvalue weighted by atomic mass is 9.90. The smallest absolute Gasteiger partial charge is 0.240 e. The Kier molecular flexibility index (Phi) is 7.33. The zero-order chi connectivity index (χ0) is 24.3. The molecule has 1 aliphatic heterocycles. The van der Waals surface area contributed by atoms with Gasteiger partial charge in [-0.3, -0.25) is 9.69 Å². The second kappa shape index (κ2) is 10.2. The molecule has 2 aromatic carbocycles. The van der Waals surface area contributed by atoms with Gasteiger partial charge in [-0.15, -0.1) is 11.3 Å². The van der Waals surface area contributed by atoms with E-state index in [2.05, 4.69) is 10.3 Å². The van der Waals surface area contributed by atoms with Crippen LogP contribution in [0.1, 0.15) is 42.8 Å². The monoisotopic (exact) mass is 481 g/mol. The van der Waals surface area contributed by atoms with Crippen molar-refractivity contribution >= 4 is 17.2 Å². The lowest BCUT2D eigenvalue weighted by molar-refractivity contribution is -0.140. The molecule has 0 saturated carbocycles. The van der Waals surface area contributed by atoms with Crippen molar-refractivity contribution in [3.63, 3.8) is 0 Å². The number of nitrogens with zero attached hydrogens (tertiary/aromatic N) is 2. The van der Waals surface area contributed by atoms with Crippen molar-refractivity contribution in [3.05, 3.63) is 70.9 Å². The molecular weight excluding hydrogens is 450 g/mol. The number of rotatable bonds is 8. The van der Waals surface area contributed by atoms with Crippen LogP contribution in [0.5, 0.6) is 5.75 Å². The summed E-state index contributed by atoms with van der Waals surface area (Å²) in [4.78, 5) is 20.6. The van der Waals surface area contributed by atoms with Gasteiger partial charge in [0.1, 0.15) is 17.5 Å². The maximum absolute atomic E-state index is 13.5. The number of hydrogen-bond acceptors (Lipinski definition) is 7. The molecule has 7 nitrogen and oxygen atoms in total.